The summed E-state index contributed by atoms with van der Waals surface area (Å²) in [5, 5.41) is 0. The molecule has 0 saturated carbocycles. The number of aromatic nitrogens is 4. The van der Waals surface area contributed by atoms with Gasteiger partial charge >= 0.3 is 0 Å². The van der Waals surface area contributed by atoms with Crippen molar-refractivity contribution < 1.29 is 13.9 Å². The highest BCUT2D eigenvalue weighted by molar-refractivity contribution is 5.83. The summed E-state index contributed by atoms with van der Waals surface area (Å²) in [7, 11) is 3.17. The molecule has 120 valence electrons. The minimum Gasteiger partial charge on any atom is -0.383 e. The van der Waals surface area contributed by atoms with E-state index in [1.807, 2.05) is 9.47 Å². The molecule has 1 atom stereocenters. The standard InChI is InChI=1S/C14H20FN5O2/c1-21-6-5-20-10-18-11-12(16-9-17-13(11)20)19-4-3-14(15,7-19)8-22-2/h9-10H,3-8H2,1-2H3. The van der Waals surface area contributed by atoms with Crippen molar-refractivity contribution in [3.8, 4) is 0 Å². The van der Waals surface area contributed by atoms with Gasteiger partial charge in [-0.3, -0.25) is 0 Å². The van der Waals surface area contributed by atoms with E-state index in [-0.39, 0.29) is 13.2 Å². The molecule has 0 N–H and O–H groups in total. The molecule has 2 aromatic rings. The van der Waals surface area contributed by atoms with Crippen molar-refractivity contribution in [1.82, 2.24) is 19.5 Å². The quantitative estimate of drug-likeness (QED) is 0.794. The van der Waals surface area contributed by atoms with E-state index in [4.69, 9.17) is 9.47 Å². The molecule has 0 amide bonds. The third-order valence-corrected chi connectivity index (χ3v) is 3.92. The van der Waals surface area contributed by atoms with Crippen LogP contribution in [0.1, 0.15) is 6.42 Å². The van der Waals surface area contributed by atoms with Crippen LogP contribution in [0.5, 0.6) is 0 Å². The van der Waals surface area contributed by atoms with Gasteiger partial charge in [-0.15, -0.1) is 0 Å². The molecule has 0 radical (unpaired) electrons. The van der Waals surface area contributed by atoms with Crippen molar-refractivity contribution in [2.24, 2.45) is 0 Å². The SMILES string of the molecule is COCCn1cnc2c(N3CCC(F)(COC)C3)ncnc21. The highest BCUT2D eigenvalue weighted by atomic mass is 19.1. The summed E-state index contributed by atoms with van der Waals surface area (Å²) < 4.78 is 26.5. The average Bonchev–Trinajstić information content (AvgIpc) is 3.09. The summed E-state index contributed by atoms with van der Waals surface area (Å²) in [6.07, 6.45) is 3.64. The van der Waals surface area contributed by atoms with E-state index < -0.39 is 5.67 Å². The lowest BCUT2D eigenvalue weighted by molar-refractivity contribution is 0.0571. The second-order valence-corrected chi connectivity index (χ2v) is 5.56. The molecule has 1 saturated heterocycles. The summed E-state index contributed by atoms with van der Waals surface area (Å²) in [5.41, 5.74) is 0.107. The summed E-state index contributed by atoms with van der Waals surface area (Å²) in [6.45, 7) is 2.20. The zero-order chi connectivity index (χ0) is 15.6. The Balaban J connectivity index is 1.87. The van der Waals surface area contributed by atoms with E-state index in [0.717, 1.165) is 5.65 Å². The molecular formula is C14H20FN5O2. The number of rotatable bonds is 6. The average molecular weight is 309 g/mol. The number of fused-ring (bicyclic) bond motifs is 1. The predicted octanol–water partition coefficient (Wildman–Crippen LogP) is 1.04. The van der Waals surface area contributed by atoms with Crippen LogP contribution < -0.4 is 4.90 Å². The number of ether oxygens (including phenoxy) is 2. The van der Waals surface area contributed by atoms with Crippen molar-refractivity contribution >= 4 is 17.0 Å². The normalized spacial score (nSPS) is 21.9. The fourth-order valence-corrected chi connectivity index (χ4v) is 2.85. The third-order valence-electron chi connectivity index (χ3n) is 3.92. The van der Waals surface area contributed by atoms with Crippen LogP contribution in [-0.2, 0) is 16.0 Å². The van der Waals surface area contributed by atoms with Gasteiger partial charge in [0.15, 0.2) is 22.7 Å². The number of anilines is 1. The van der Waals surface area contributed by atoms with E-state index in [0.29, 0.717) is 37.5 Å². The first-order valence-corrected chi connectivity index (χ1v) is 7.24. The van der Waals surface area contributed by atoms with E-state index in [1.54, 1.807) is 13.4 Å². The molecule has 1 unspecified atom stereocenters. The molecule has 3 rings (SSSR count). The van der Waals surface area contributed by atoms with Crippen LogP contribution >= 0.6 is 0 Å². The minimum atomic E-state index is -1.33. The van der Waals surface area contributed by atoms with Crippen molar-refractivity contribution in [3.63, 3.8) is 0 Å². The molecule has 22 heavy (non-hydrogen) atoms. The van der Waals surface area contributed by atoms with Crippen LogP contribution in [0.15, 0.2) is 12.7 Å². The first-order valence-electron chi connectivity index (χ1n) is 7.24. The van der Waals surface area contributed by atoms with Gasteiger partial charge in [0.1, 0.15) is 6.33 Å². The number of hydrogen-bond acceptors (Lipinski definition) is 6. The molecule has 0 spiro atoms. The number of hydrogen-bond donors (Lipinski definition) is 0. The molecule has 1 fully saturated rings. The molecule has 8 heteroatoms. The fraction of sp³-hybridized carbons (Fsp3) is 0.643. The first-order chi connectivity index (χ1) is 10.7. The zero-order valence-corrected chi connectivity index (χ0v) is 12.8. The van der Waals surface area contributed by atoms with Crippen molar-refractivity contribution in [3.05, 3.63) is 12.7 Å². The smallest absolute Gasteiger partial charge is 0.165 e. The molecule has 0 aromatic carbocycles. The van der Waals surface area contributed by atoms with Crippen molar-refractivity contribution in [1.29, 1.82) is 0 Å². The van der Waals surface area contributed by atoms with Crippen molar-refractivity contribution in [2.45, 2.75) is 18.6 Å². The number of imidazole rings is 1. The summed E-state index contributed by atoms with van der Waals surface area (Å²) in [5.74, 6) is 0.678. The third kappa shape index (κ3) is 2.76. The van der Waals surface area contributed by atoms with Gasteiger partial charge in [0.2, 0.25) is 0 Å². The highest BCUT2D eigenvalue weighted by Crippen LogP contribution is 2.31. The molecule has 2 aromatic heterocycles. The molecule has 0 bridgehead atoms. The molecule has 1 aliphatic rings. The fourth-order valence-electron chi connectivity index (χ4n) is 2.85. The van der Waals surface area contributed by atoms with E-state index in [2.05, 4.69) is 15.0 Å². The van der Waals surface area contributed by atoms with E-state index >= 15 is 0 Å². The highest BCUT2D eigenvalue weighted by Gasteiger charge is 2.39. The van der Waals surface area contributed by atoms with Gasteiger partial charge < -0.3 is 18.9 Å². The molecule has 0 aliphatic carbocycles. The van der Waals surface area contributed by atoms with E-state index in [1.165, 1.54) is 13.4 Å². The van der Waals surface area contributed by atoms with Gasteiger partial charge in [-0.1, -0.05) is 0 Å². The van der Waals surface area contributed by atoms with Crippen LogP contribution in [0, 0.1) is 0 Å². The summed E-state index contributed by atoms with van der Waals surface area (Å²) >= 11 is 0. The Kier molecular flexibility index (Phi) is 4.21. The minimum absolute atomic E-state index is 0.0972. The Hall–Kier alpha value is -1.80. The predicted molar refractivity (Wildman–Crippen MR) is 79.7 cm³/mol. The lowest BCUT2D eigenvalue weighted by Crippen LogP contribution is -2.33. The zero-order valence-electron chi connectivity index (χ0n) is 12.8. The van der Waals surface area contributed by atoms with Gasteiger partial charge in [0, 0.05) is 33.7 Å². The van der Waals surface area contributed by atoms with Gasteiger partial charge in [-0.05, 0) is 0 Å². The number of methoxy groups -OCH3 is 2. The largest absolute Gasteiger partial charge is 0.383 e. The Morgan fingerprint density at radius 2 is 2.14 bits per heavy atom. The topological polar surface area (TPSA) is 65.3 Å². The van der Waals surface area contributed by atoms with Gasteiger partial charge in [0.25, 0.3) is 0 Å². The van der Waals surface area contributed by atoms with Crippen LogP contribution in [0.3, 0.4) is 0 Å². The Morgan fingerprint density at radius 3 is 2.91 bits per heavy atom. The van der Waals surface area contributed by atoms with Gasteiger partial charge in [-0.2, -0.15) is 0 Å². The van der Waals surface area contributed by atoms with Crippen LogP contribution in [0.2, 0.25) is 0 Å². The Morgan fingerprint density at radius 1 is 1.27 bits per heavy atom. The van der Waals surface area contributed by atoms with Gasteiger partial charge in [-0.25, -0.2) is 19.3 Å². The lowest BCUT2D eigenvalue weighted by atomic mass is 10.1. The van der Waals surface area contributed by atoms with Crippen LogP contribution in [0.4, 0.5) is 10.2 Å². The number of nitrogens with zero attached hydrogens (tertiary/aromatic N) is 5. The maximum Gasteiger partial charge on any atom is 0.165 e. The molecular weight excluding hydrogens is 289 g/mol. The molecule has 3 heterocycles. The maximum absolute atomic E-state index is 14.6. The molecule has 7 nitrogen and oxygen atoms in total. The monoisotopic (exact) mass is 309 g/mol. The second kappa shape index (κ2) is 6.13. The van der Waals surface area contributed by atoms with Gasteiger partial charge in [0.05, 0.1) is 26.1 Å². The second-order valence-electron chi connectivity index (χ2n) is 5.56. The summed E-state index contributed by atoms with van der Waals surface area (Å²) in [4.78, 5) is 14.9. The Bertz CT molecular complexity index is 649. The van der Waals surface area contributed by atoms with Crippen molar-refractivity contribution in [2.75, 3.05) is 45.4 Å². The van der Waals surface area contributed by atoms with E-state index in [9.17, 15) is 4.39 Å². The maximum atomic E-state index is 14.6. The molecule has 1 aliphatic heterocycles. The number of alkyl halides is 1. The number of halogens is 1. The van der Waals surface area contributed by atoms with Crippen LogP contribution in [0.25, 0.3) is 11.2 Å². The first kappa shape index (κ1) is 15.1. The van der Waals surface area contributed by atoms with Crippen LogP contribution in [-0.4, -0.2) is 65.7 Å². The summed E-state index contributed by atoms with van der Waals surface area (Å²) in [6, 6.07) is 0. The Labute approximate surface area is 128 Å². The lowest BCUT2D eigenvalue weighted by Gasteiger charge is -2.20.